The second-order valence-corrected chi connectivity index (χ2v) is 2.25. The molecule has 1 radical (unpaired) electrons. The van der Waals surface area contributed by atoms with Crippen molar-refractivity contribution >= 4 is 6.08 Å². The summed E-state index contributed by atoms with van der Waals surface area (Å²) in [5.74, 6) is 0.991. The first-order valence-corrected chi connectivity index (χ1v) is 3.35. The van der Waals surface area contributed by atoms with Crippen LogP contribution in [-0.2, 0) is 22.4 Å². The van der Waals surface area contributed by atoms with Crippen molar-refractivity contribution in [2.45, 2.75) is 0 Å². The molecule has 0 bridgehead atoms. The Morgan fingerprint density at radius 2 is 2.00 bits per heavy atom. The first kappa shape index (κ1) is 8.60. The van der Waals surface area contributed by atoms with Gasteiger partial charge in [-0.3, -0.25) is 0 Å². The van der Waals surface area contributed by atoms with Crippen molar-refractivity contribution in [1.29, 1.82) is 0 Å². The summed E-state index contributed by atoms with van der Waals surface area (Å²) in [4.78, 5) is 0. The van der Waals surface area contributed by atoms with Crippen molar-refractivity contribution < 1.29 is 27.1 Å². The molecule has 0 spiro atoms. The maximum Gasteiger partial charge on any atom is 0.126 e. The van der Waals surface area contributed by atoms with Gasteiger partial charge >= 0.3 is 0 Å². The minimum atomic E-state index is 0. The zero-order chi connectivity index (χ0) is 6.81. The molecule has 0 saturated carbocycles. The van der Waals surface area contributed by atoms with Gasteiger partial charge in [0.2, 0.25) is 0 Å². The summed E-state index contributed by atoms with van der Waals surface area (Å²) < 4.78 is 5.34. The fourth-order valence-electron chi connectivity index (χ4n) is 1.06. The van der Waals surface area contributed by atoms with Crippen molar-refractivity contribution in [2.75, 3.05) is 6.61 Å². The molecule has 1 aromatic rings. The SMILES string of the molecule is C1=Cc2ccccc2OC1.[Ta]. The molecule has 2 rings (SSSR count). The van der Waals surface area contributed by atoms with Gasteiger partial charge in [-0.2, -0.15) is 0 Å². The van der Waals surface area contributed by atoms with Crippen molar-refractivity contribution in [1.82, 2.24) is 0 Å². The maximum absolute atomic E-state index is 5.34. The molecule has 2 heteroatoms. The van der Waals surface area contributed by atoms with Crippen molar-refractivity contribution in [3.05, 3.63) is 35.9 Å². The summed E-state index contributed by atoms with van der Waals surface area (Å²) >= 11 is 0. The van der Waals surface area contributed by atoms with E-state index in [1.54, 1.807) is 0 Å². The molecule has 1 nitrogen and oxygen atoms in total. The predicted molar refractivity (Wildman–Crippen MR) is 41.0 cm³/mol. The molecule has 0 saturated heterocycles. The molecule has 0 amide bonds. The Morgan fingerprint density at radius 3 is 2.82 bits per heavy atom. The largest absolute Gasteiger partial charge is 0.489 e. The molecular weight excluding hydrogens is 305 g/mol. The Hall–Kier alpha value is -0.500. The van der Waals surface area contributed by atoms with E-state index in [9.17, 15) is 0 Å². The molecule has 0 atom stereocenters. The number of rotatable bonds is 0. The van der Waals surface area contributed by atoms with E-state index in [1.165, 1.54) is 5.56 Å². The molecule has 1 heterocycles. The molecular formula is C9H8OTa. The van der Waals surface area contributed by atoms with Crippen LogP contribution in [0.2, 0.25) is 0 Å². The summed E-state index contributed by atoms with van der Waals surface area (Å²) in [6, 6.07) is 8.03. The Bertz CT molecular complexity index is 268. The van der Waals surface area contributed by atoms with Gasteiger partial charge in [-0.1, -0.05) is 24.3 Å². The number of fused-ring (bicyclic) bond motifs is 1. The third kappa shape index (κ3) is 1.75. The van der Waals surface area contributed by atoms with Crippen LogP contribution in [0.15, 0.2) is 30.3 Å². The fourth-order valence-corrected chi connectivity index (χ4v) is 1.06. The Morgan fingerprint density at radius 1 is 1.18 bits per heavy atom. The summed E-state index contributed by atoms with van der Waals surface area (Å²) in [6.07, 6.45) is 4.10. The minimum absolute atomic E-state index is 0. The molecule has 0 N–H and O–H groups in total. The van der Waals surface area contributed by atoms with Crippen LogP contribution in [0.3, 0.4) is 0 Å². The third-order valence-corrected chi connectivity index (χ3v) is 1.55. The first-order valence-electron chi connectivity index (χ1n) is 3.35. The number of hydrogen-bond donors (Lipinski definition) is 0. The molecule has 0 aromatic heterocycles. The predicted octanol–water partition coefficient (Wildman–Crippen LogP) is 2.09. The van der Waals surface area contributed by atoms with Gasteiger partial charge in [-0.25, -0.2) is 0 Å². The Kier molecular flexibility index (Phi) is 2.94. The van der Waals surface area contributed by atoms with Gasteiger partial charge in [0.25, 0.3) is 0 Å². The van der Waals surface area contributed by atoms with E-state index < -0.39 is 0 Å². The summed E-state index contributed by atoms with van der Waals surface area (Å²) in [7, 11) is 0. The van der Waals surface area contributed by atoms with Crippen LogP contribution in [0, 0.1) is 0 Å². The van der Waals surface area contributed by atoms with Gasteiger partial charge in [0.05, 0.1) is 0 Å². The Balaban J connectivity index is 0.000000605. The quantitative estimate of drug-likeness (QED) is 0.713. The normalized spacial score (nSPS) is 12.7. The van der Waals surface area contributed by atoms with Crippen LogP contribution in [-0.4, -0.2) is 6.61 Å². The maximum atomic E-state index is 5.34. The average Bonchev–Trinajstić information content (AvgIpc) is 2.05. The van der Waals surface area contributed by atoms with E-state index in [0.29, 0.717) is 6.61 Å². The molecule has 0 fully saturated rings. The van der Waals surface area contributed by atoms with Crippen LogP contribution >= 0.6 is 0 Å². The molecule has 1 aromatic carbocycles. The second kappa shape index (κ2) is 3.77. The van der Waals surface area contributed by atoms with Gasteiger partial charge in [0, 0.05) is 27.9 Å². The van der Waals surface area contributed by atoms with Gasteiger partial charge in [0.1, 0.15) is 12.4 Å². The molecule has 55 valence electrons. The van der Waals surface area contributed by atoms with Gasteiger partial charge < -0.3 is 4.74 Å². The zero-order valence-corrected chi connectivity index (χ0v) is 9.24. The van der Waals surface area contributed by atoms with Crippen LogP contribution in [0.4, 0.5) is 0 Å². The first-order chi connectivity index (χ1) is 4.97. The summed E-state index contributed by atoms with van der Waals surface area (Å²) in [5.41, 5.74) is 1.17. The summed E-state index contributed by atoms with van der Waals surface area (Å²) in [5, 5.41) is 0. The van der Waals surface area contributed by atoms with E-state index in [1.807, 2.05) is 30.3 Å². The van der Waals surface area contributed by atoms with E-state index in [0.717, 1.165) is 5.75 Å². The number of ether oxygens (including phenoxy) is 1. The van der Waals surface area contributed by atoms with Crippen LogP contribution in [0.1, 0.15) is 5.56 Å². The second-order valence-electron chi connectivity index (χ2n) is 2.25. The van der Waals surface area contributed by atoms with Gasteiger partial charge in [-0.15, -0.1) is 0 Å². The number of hydrogen-bond acceptors (Lipinski definition) is 1. The molecule has 0 aliphatic carbocycles. The minimum Gasteiger partial charge on any atom is -0.489 e. The monoisotopic (exact) mass is 313 g/mol. The molecule has 1 aliphatic heterocycles. The van der Waals surface area contributed by atoms with Crippen LogP contribution in [0.25, 0.3) is 6.08 Å². The summed E-state index contributed by atoms with van der Waals surface area (Å²) in [6.45, 7) is 0.705. The third-order valence-electron chi connectivity index (χ3n) is 1.55. The Labute approximate surface area is 81.6 Å². The van der Waals surface area contributed by atoms with Gasteiger partial charge in [0.15, 0.2) is 0 Å². The van der Waals surface area contributed by atoms with E-state index in [-0.39, 0.29) is 22.4 Å². The van der Waals surface area contributed by atoms with Crippen molar-refractivity contribution in [3.63, 3.8) is 0 Å². The zero-order valence-electron chi connectivity index (χ0n) is 6.03. The standard InChI is InChI=1S/C9H8O.Ta/c1-2-6-9-8(4-1)5-3-7-10-9;/h1-6H,7H2;. The van der Waals surface area contributed by atoms with Gasteiger partial charge in [-0.05, 0) is 12.1 Å². The topological polar surface area (TPSA) is 9.23 Å². The smallest absolute Gasteiger partial charge is 0.126 e. The molecule has 11 heavy (non-hydrogen) atoms. The number of para-hydroxylation sites is 1. The van der Waals surface area contributed by atoms with E-state index in [2.05, 4.69) is 6.08 Å². The van der Waals surface area contributed by atoms with Crippen LogP contribution in [0.5, 0.6) is 5.75 Å². The molecule has 0 unspecified atom stereocenters. The van der Waals surface area contributed by atoms with E-state index in [4.69, 9.17) is 4.74 Å². The van der Waals surface area contributed by atoms with Crippen molar-refractivity contribution in [3.8, 4) is 5.75 Å². The molecule has 1 aliphatic rings. The van der Waals surface area contributed by atoms with E-state index >= 15 is 0 Å². The number of benzene rings is 1. The van der Waals surface area contributed by atoms with Crippen molar-refractivity contribution in [2.24, 2.45) is 0 Å². The fraction of sp³-hybridized carbons (Fsp3) is 0.111. The van der Waals surface area contributed by atoms with Crippen LogP contribution < -0.4 is 4.74 Å². The average molecular weight is 313 g/mol.